The molecule has 0 spiro atoms. The minimum absolute atomic E-state index is 0.104. The van der Waals surface area contributed by atoms with Gasteiger partial charge in [0.15, 0.2) is 0 Å². The predicted molar refractivity (Wildman–Crippen MR) is 44.8 cm³/mol. The maximum atomic E-state index is 10.9. The fourth-order valence-corrected chi connectivity index (χ4v) is 1.24. The number of esters is 1. The molecule has 1 aliphatic heterocycles. The van der Waals surface area contributed by atoms with Gasteiger partial charge in [0.25, 0.3) is 0 Å². The average Bonchev–Trinajstić information content (AvgIpc) is 2.53. The van der Waals surface area contributed by atoms with E-state index in [4.69, 9.17) is 9.47 Å². The van der Waals surface area contributed by atoms with Crippen molar-refractivity contribution in [1.29, 1.82) is 0 Å². The van der Waals surface area contributed by atoms with Crippen molar-refractivity contribution in [2.75, 3.05) is 13.2 Å². The second kappa shape index (κ2) is 5.14. The Morgan fingerprint density at radius 3 is 3.08 bits per heavy atom. The van der Waals surface area contributed by atoms with Gasteiger partial charge in [-0.15, -0.1) is 0 Å². The highest BCUT2D eigenvalue weighted by Gasteiger charge is 2.16. The molecule has 0 amide bonds. The van der Waals surface area contributed by atoms with E-state index in [2.05, 4.69) is 0 Å². The van der Waals surface area contributed by atoms with E-state index in [9.17, 15) is 4.79 Å². The zero-order chi connectivity index (χ0) is 8.81. The SMILES string of the molecule is CCCC(=O)OC[C@H]1CCCO1. The molecule has 0 aliphatic carbocycles. The molecule has 0 aromatic carbocycles. The smallest absolute Gasteiger partial charge is 0.305 e. The molecule has 0 saturated carbocycles. The van der Waals surface area contributed by atoms with Gasteiger partial charge in [-0.25, -0.2) is 0 Å². The van der Waals surface area contributed by atoms with E-state index in [1.54, 1.807) is 0 Å². The van der Waals surface area contributed by atoms with Crippen molar-refractivity contribution in [2.24, 2.45) is 0 Å². The van der Waals surface area contributed by atoms with Crippen molar-refractivity contribution in [3.05, 3.63) is 0 Å². The molecule has 1 aliphatic rings. The molecule has 0 radical (unpaired) electrons. The Morgan fingerprint density at radius 2 is 2.50 bits per heavy atom. The molecule has 3 heteroatoms. The third-order valence-corrected chi connectivity index (χ3v) is 1.91. The first-order chi connectivity index (χ1) is 5.83. The molecule has 1 saturated heterocycles. The maximum absolute atomic E-state index is 10.9. The summed E-state index contributed by atoms with van der Waals surface area (Å²) in [6, 6.07) is 0. The van der Waals surface area contributed by atoms with E-state index in [-0.39, 0.29) is 12.1 Å². The normalized spacial score (nSPS) is 22.6. The molecule has 1 atom stereocenters. The van der Waals surface area contributed by atoms with E-state index in [1.165, 1.54) is 0 Å². The topological polar surface area (TPSA) is 35.5 Å². The van der Waals surface area contributed by atoms with Crippen LogP contribution in [0.2, 0.25) is 0 Å². The van der Waals surface area contributed by atoms with Gasteiger partial charge in [0, 0.05) is 13.0 Å². The Balaban J connectivity index is 2.03. The fourth-order valence-electron chi connectivity index (χ4n) is 1.24. The Kier molecular flexibility index (Phi) is 4.08. The summed E-state index contributed by atoms with van der Waals surface area (Å²) < 4.78 is 10.3. The summed E-state index contributed by atoms with van der Waals surface area (Å²) in [5.74, 6) is -0.104. The number of hydrogen-bond acceptors (Lipinski definition) is 3. The van der Waals surface area contributed by atoms with Crippen molar-refractivity contribution in [3.8, 4) is 0 Å². The van der Waals surface area contributed by atoms with E-state index < -0.39 is 0 Å². The monoisotopic (exact) mass is 172 g/mol. The van der Waals surface area contributed by atoms with Gasteiger partial charge in [-0.1, -0.05) is 6.92 Å². The van der Waals surface area contributed by atoms with Crippen molar-refractivity contribution in [3.63, 3.8) is 0 Å². The standard InChI is InChI=1S/C9H16O3/c1-2-4-9(10)12-7-8-5-3-6-11-8/h8H,2-7H2,1H3/t8-/m1/s1. The third kappa shape index (κ3) is 3.22. The Labute approximate surface area is 73.0 Å². The summed E-state index contributed by atoms with van der Waals surface area (Å²) in [6.45, 7) is 3.22. The fraction of sp³-hybridized carbons (Fsp3) is 0.889. The lowest BCUT2D eigenvalue weighted by molar-refractivity contribution is -0.146. The quantitative estimate of drug-likeness (QED) is 0.603. The second-order valence-corrected chi connectivity index (χ2v) is 3.07. The minimum Gasteiger partial charge on any atom is -0.463 e. The number of rotatable bonds is 4. The summed E-state index contributed by atoms with van der Waals surface area (Å²) in [5, 5.41) is 0. The Bertz CT molecular complexity index is 139. The molecule has 1 heterocycles. The highest BCUT2D eigenvalue weighted by atomic mass is 16.6. The molecular weight excluding hydrogens is 156 g/mol. The van der Waals surface area contributed by atoms with Crippen molar-refractivity contribution >= 4 is 5.97 Å². The molecule has 0 unspecified atom stereocenters. The number of carbonyl (C=O) groups is 1. The number of hydrogen-bond donors (Lipinski definition) is 0. The van der Waals surface area contributed by atoms with Crippen LogP contribution in [0.25, 0.3) is 0 Å². The first-order valence-electron chi connectivity index (χ1n) is 4.60. The zero-order valence-corrected chi connectivity index (χ0v) is 7.54. The van der Waals surface area contributed by atoms with Gasteiger partial charge in [0.2, 0.25) is 0 Å². The third-order valence-electron chi connectivity index (χ3n) is 1.91. The van der Waals surface area contributed by atoms with Crippen LogP contribution in [0.3, 0.4) is 0 Å². The average molecular weight is 172 g/mol. The number of ether oxygens (including phenoxy) is 2. The molecule has 0 N–H and O–H groups in total. The van der Waals surface area contributed by atoms with Gasteiger partial charge in [0.1, 0.15) is 6.61 Å². The first kappa shape index (κ1) is 9.52. The van der Waals surface area contributed by atoms with Crippen LogP contribution in [-0.2, 0) is 14.3 Å². The summed E-state index contributed by atoms with van der Waals surface area (Å²) in [4.78, 5) is 10.9. The van der Waals surface area contributed by atoms with Crippen LogP contribution in [0.4, 0.5) is 0 Å². The molecule has 0 bridgehead atoms. The van der Waals surface area contributed by atoms with Gasteiger partial charge < -0.3 is 9.47 Å². The van der Waals surface area contributed by atoms with Crippen LogP contribution >= 0.6 is 0 Å². The van der Waals surface area contributed by atoms with E-state index in [1.807, 2.05) is 6.92 Å². The Hall–Kier alpha value is -0.570. The lowest BCUT2D eigenvalue weighted by atomic mass is 10.2. The molecule has 0 aromatic rings. The second-order valence-electron chi connectivity index (χ2n) is 3.07. The van der Waals surface area contributed by atoms with Gasteiger partial charge in [-0.05, 0) is 19.3 Å². The minimum atomic E-state index is -0.104. The van der Waals surface area contributed by atoms with Crippen LogP contribution in [-0.4, -0.2) is 25.3 Å². The van der Waals surface area contributed by atoms with E-state index in [0.717, 1.165) is 25.9 Å². The summed E-state index contributed by atoms with van der Waals surface area (Å²) in [7, 11) is 0. The van der Waals surface area contributed by atoms with Crippen LogP contribution in [0.15, 0.2) is 0 Å². The predicted octanol–water partition coefficient (Wildman–Crippen LogP) is 1.51. The Morgan fingerprint density at radius 1 is 1.67 bits per heavy atom. The molecule has 0 aromatic heterocycles. The lowest BCUT2D eigenvalue weighted by Gasteiger charge is -2.09. The highest BCUT2D eigenvalue weighted by molar-refractivity contribution is 5.69. The van der Waals surface area contributed by atoms with Gasteiger partial charge >= 0.3 is 5.97 Å². The van der Waals surface area contributed by atoms with Gasteiger partial charge in [-0.3, -0.25) is 4.79 Å². The van der Waals surface area contributed by atoms with E-state index in [0.29, 0.717) is 13.0 Å². The van der Waals surface area contributed by atoms with Crippen molar-refractivity contribution < 1.29 is 14.3 Å². The molecule has 70 valence electrons. The summed E-state index contributed by atoms with van der Waals surface area (Å²) in [6.07, 6.45) is 3.65. The molecule has 1 rings (SSSR count). The van der Waals surface area contributed by atoms with Crippen molar-refractivity contribution in [1.82, 2.24) is 0 Å². The summed E-state index contributed by atoms with van der Waals surface area (Å²) >= 11 is 0. The summed E-state index contributed by atoms with van der Waals surface area (Å²) in [5.41, 5.74) is 0. The van der Waals surface area contributed by atoms with Crippen LogP contribution in [0.1, 0.15) is 32.6 Å². The van der Waals surface area contributed by atoms with Crippen molar-refractivity contribution in [2.45, 2.75) is 38.7 Å². The van der Waals surface area contributed by atoms with Gasteiger partial charge in [-0.2, -0.15) is 0 Å². The molecular formula is C9H16O3. The van der Waals surface area contributed by atoms with E-state index >= 15 is 0 Å². The van der Waals surface area contributed by atoms with Crippen LogP contribution < -0.4 is 0 Å². The molecule has 3 nitrogen and oxygen atoms in total. The highest BCUT2D eigenvalue weighted by Crippen LogP contribution is 2.12. The molecule has 1 fully saturated rings. The van der Waals surface area contributed by atoms with Gasteiger partial charge in [0.05, 0.1) is 6.10 Å². The van der Waals surface area contributed by atoms with Crippen LogP contribution in [0.5, 0.6) is 0 Å². The largest absolute Gasteiger partial charge is 0.463 e. The van der Waals surface area contributed by atoms with Crippen LogP contribution in [0, 0.1) is 0 Å². The molecule has 12 heavy (non-hydrogen) atoms. The first-order valence-corrected chi connectivity index (χ1v) is 4.60. The number of carbonyl (C=O) groups excluding carboxylic acids is 1. The maximum Gasteiger partial charge on any atom is 0.305 e. The lowest BCUT2D eigenvalue weighted by Crippen LogP contribution is -2.17. The zero-order valence-electron chi connectivity index (χ0n) is 7.54.